The molecule has 0 spiro atoms. The van der Waals surface area contributed by atoms with Crippen molar-refractivity contribution in [1.29, 1.82) is 0 Å². The highest BCUT2D eigenvalue weighted by atomic mass is 35.5. The number of nitrogens with one attached hydrogen (secondary N) is 1. The Balaban J connectivity index is 2.01. The number of aromatic amines is 1. The third-order valence-corrected chi connectivity index (χ3v) is 5.79. The van der Waals surface area contributed by atoms with Gasteiger partial charge in [0, 0.05) is 40.0 Å². The molecule has 0 radical (unpaired) electrons. The normalized spacial score (nSPS) is 18.8. The topological polar surface area (TPSA) is 62.4 Å². The number of esters is 1. The third kappa shape index (κ3) is 2.95. The van der Waals surface area contributed by atoms with Crippen LogP contribution in [0.2, 0.25) is 10.0 Å². The fraction of sp³-hybridized carbons (Fsp3) is 0.238. The average molecular weight is 417 g/mol. The Labute approximate surface area is 172 Å². The lowest BCUT2D eigenvalue weighted by Gasteiger charge is -2.40. The summed E-state index contributed by atoms with van der Waals surface area (Å²) in [5.74, 6) is -0.697. The Hall–Kier alpha value is -2.50. The summed E-state index contributed by atoms with van der Waals surface area (Å²) in [7, 11) is 1.33. The zero-order valence-electron chi connectivity index (χ0n) is 15.3. The molecule has 2 aromatic carbocycles. The SMILES string of the molecule is COC(=O)[C@@H]1Cc2c([nH]c3ccccc23)[C@H](c2ccc(Cl)cc2Cl)N1C(C)=O. The van der Waals surface area contributed by atoms with Crippen LogP contribution in [0.1, 0.15) is 29.8 Å². The van der Waals surface area contributed by atoms with Gasteiger partial charge in [-0.2, -0.15) is 0 Å². The number of benzene rings is 2. The van der Waals surface area contributed by atoms with Gasteiger partial charge in [0.1, 0.15) is 6.04 Å². The van der Waals surface area contributed by atoms with E-state index < -0.39 is 18.1 Å². The van der Waals surface area contributed by atoms with Crippen LogP contribution in [-0.4, -0.2) is 34.9 Å². The van der Waals surface area contributed by atoms with Crippen LogP contribution in [-0.2, 0) is 20.7 Å². The second kappa shape index (κ2) is 7.15. The minimum atomic E-state index is -0.744. The van der Waals surface area contributed by atoms with E-state index in [1.165, 1.54) is 14.0 Å². The lowest BCUT2D eigenvalue weighted by Crippen LogP contribution is -2.51. The number of H-pyrrole nitrogens is 1. The molecule has 4 rings (SSSR count). The van der Waals surface area contributed by atoms with Crippen molar-refractivity contribution in [2.75, 3.05) is 7.11 Å². The molecule has 2 atom stereocenters. The van der Waals surface area contributed by atoms with Crippen molar-refractivity contribution in [3.63, 3.8) is 0 Å². The Morgan fingerprint density at radius 2 is 1.93 bits per heavy atom. The van der Waals surface area contributed by atoms with E-state index in [-0.39, 0.29) is 5.91 Å². The number of nitrogens with zero attached hydrogens (tertiary/aromatic N) is 1. The standard InChI is InChI=1S/C21H18Cl2N2O3/c1-11(26)25-18(21(27)28-2)10-15-13-5-3-4-6-17(13)24-19(15)20(25)14-8-7-12(22)9-16(14)23/h3-9,18,20,24H,10H2,1-2H3/t18-,20-/m0/s1. The lowest BCUT2D eigenvalue weighted by molar-refractivity contribution is -0.154. The number of hydrogen-bond donors (Lipinski definition) is 1. The molecule has 0 saturated heterocycles. The molecule has 0 bridgehead atoms. The van der Waals surface area contributed by atoms with Gasteiger partial charge in [0.25, 0.3) is 0 Å². The molecule has 7 heteroatoms. The highest BCUT2D eigenvalue weighted by Gasteiger charge is 2.43. The molecule has 3 aromatic rings. The molecule has 28 heavy (non-hydrogen) atoms. The van der Waals surface area contributed by atoms with Crippen molar-refractivity contribution in [2.24, 2.45) is 0 Å². The Bertz CT molecular complexity index is 1090. The van der Waals surface area contributed by atoms with Crippen molar-refractivity contribution >= 4 is 46.0 Å². The maximum absolute atomic E-state index is 12.7. The summed E-state index contributed by atoms with van der Waals surface area (Å²) in [6.45, 7) is 1.44. The number of halogens is 2. The van der Waals surface area contributed by atoms with Gasteiger partial charge in [-0.3, -0.25) is 4.79 Å². The first-order chi connectivity index (χ1) is 13.4. The van der Waals surface area contributed by atoms with Crippen LogP contribution in [0, 0.1) is 0 Å². The van der Waals surface area contributed by atoms with Crippen molar-refractivity contribution in [3.8, 4) is 0 Å². The summed E-state index contributed by atoms with van der Waals surface area (Å²) in [4.78, 5) is 30.2. The summed E-state index contributed by atoms with van der Waals surface area (Å²) >= 11 is 12.6. The van der Waals surface area contributed by atoms with Crippen molar-refractivity contribution in [1.82, 2.24) is 9.88 Å². The van der Waals surface area contributed by atoms with Crippen LogP contribution in [0.3, 0.4) is 0 Å². The van der Waals surface area contributed by atoms with Crippen molar-refractivity contribution in [3.05, 3.63) is 69.3 Å². The fourth-order valence-corrected chi connectivity index (χ4v) is 4.56. The molecule has 0 saturated carbocycles. The number of fused-ring (bicyclic) bond motifs is 3. The van der Waals surface area contributed by atoms with Gasteiger partial charge in [0.15, 0.2) is 0 Å². The summed E-state index contributed by atoms with van der Waals surface area (Å²) < 4.78 is 5.01. The second-order valence-corrected chi connectivity index (χ2v) is 7.64. The van der Waals surface area contributed by atoms with E-state index in [1.807, 2.05) is 24.3 Å². The highest BCUT2D eigenvalue weighted by molar-refractivity contribution is 6.35. The van der Waals surface area contributed by atoms with E-state index in [0.717, 1.165) is 22.2 Å². The van der Waals surface area contributed by atoms with E-state index in [1.54, 1.807) is 23.1 Å². The average Bonchev–Trinajstić information content (AvgIpc) is 3.04. The van der Waals surface area contributed by atoms with Crippen molar-refractivity contribution in [2.45, 2.75) is 25.4 Å². The Kier molecular flexibility index (Phi) is 4.81. The monoisotopic (exact) mass is 416 g/mol. The number of ether oxygens (including phenoxy) is 1. The van der Waals surface area contributed by atoms with Gasteiger partial charge in [-0.1, -0.05) is 47.5 Å². The van der Waals surface area contributed by atoms with Gasteiger partial charge >= 0.3 is 5.97 Å². The summed E-state index contributed by atoms with van der Waals surface area (Å²) in [5.41, 5.74) is 3.47. The first kappa shape index (κ1) is 18.8. The quantitative estimate of drug-likeness (QED) is 0.625. The zero-order chi connectivity index (χ0) is 20.0. The molecule has 1 amide bonds. The molecule has 0 fully saturated rings. The summed E-state index contributed by atoms with van der Waals surface area (Å²) in [6.07, 6.45) is 0.368. The summed E-state index contributed by atoms with van der Waals surface area (Å²) in [5, 5.41) is 1.95. The van der Waals surface area contributed by atoms with Crippen LogP contribution in [0.4, 0.5) is 0 Å². The highest BCUT2D eigenvalue weighted by Crippen LogP contribution is 2.43. The number of carbonyl (C=O) groups excluding carboxylic acids is 2. The maximum Gasteiger partial charge on any atom is 0.328 e. The molecule has 1 aromatic heterocycles. The van der Waals surface area contributed by atoms with E-state index in [2.05, 4.69) is 4.98 Å². The van der Waals surface area contributed by atoms with Gasteiger partial charge in [-0.15, -0.1) is 0 Å². The van der Waals surface area contributed by atoms with Crippen molar-refractivity contribution < 1.29 is 14.3 Å². The van der Waals surface area contributed by atoms with Crippen LogP contribution in [0.15, 0.2) is 42.5 Å². The van der Waals surface area contributed by atoms with Gasteiger partial charge in [0.05, 0.1) is 13.2 Å². The maximum atomic E-state index is 12.7. The van der Waals surface area contributed by atoms with Gasteiger partial charge < -0.3 is 14.6 Å². The molecule has 1 aliphatic heterocycles. The number of amides is 1. The largest absolute Gasteiger partial charge is 0.467 e. The first-order valence-electron chi connectivity index (χ1n) is 8.83. The molecular weight excluding hydrogens is 399 g/mol. The smallest absolute Gasteiger partial charge is 0.328 e. The number of hydrogen-bond acceptors (Lipinski definition) is 3. The first-order valence-corrected chi connectivity index (χ1v) is 9.59. The van der Waals surface area contributed by atoms with Crippen LogP contribution in [0.5, 0.6) is 0 Å². The van der Waals surface area contributed by atoms with E-state index >= 15 is 0 Å². The molecule has 2 heterocycles. The van der Waals surface area contributed by atoms with E-state index in [4.69, 9.17) is 27.9 Å². The molecule has 144 valence electrons. The number of rotatable bonds is 2. The van der Waals surface area contributed by atoms with Gasteiger partial charge in [-0.05, 0) is 29.3 Å². The van der Waals surface area contributed by atoms with Gasteiger partial charge in [0.2, 0.25) is 5.91 Å². The zero-order valence-corrected chi connectivity index (χ0v) is 16.8. The molecular formula is C21H18Cl2N2O3. The fourth-order valence-electron chi connectivity index (χ4n) is 4.05. The van der Waals surface area contributed by atoms with Crippen LogP contribution >= 0.6 is 23.2 Å². The number of aromatic nitrogens is 1. The second-order valence-electron chi connectivity index (χ2n) is 6.80. The number of methoxy groups -OCH3 is 1. The minimum absolute atomic E-state index is 0.240. The van der Waals surface area contributed by atoms with Gasteiger partial charge in [-0.25, -0.2) is 4.79 Å². The Morgan fingerprint density at radius 3 is 2.61 bits per heavy atom. The third-order valence-electron chi connectivity index (χ3n) is 5.23. The molecule has 0 unspecified atom stereocenters. The lowest BCUT2D eigenvalue weighted by atomic mass is 9.88. The minimum Gasteiger partial charge on any atom is -0.467 e. The summed E-state index contributed by atoms with van der Waals surface area (Å²) in [6, 6.07) is 11.7. The molecule has 1 aliphatic rings. The predicted molar refractivity (Wildman–Crippen MR) is 109 cm³/mol. The molecule has 1 N–H and O–H groups in total. The predicted octanol–water partition coefficient (Wildman–Crippen LogP) is 4.51. The van der Waals surface area contributed by atoms with E-state index in [0.29, 0.717) is 22.0 Å². The number of para-hydroxylation sites is 1. The number of carbonyl (C=O) groups is 2. The Morgan fingerprint density at radius 1 is 1.18 bits per heavy atom. The molecule has 5 nitrogen and oxygen atoms in total. The van der Waals surface area contributed by atoms with Crippen LogP contribution in [0.25, 0.3) is 10.9 Å². The molecule has 0 aliphatic carbocycles. The van der Waals surface area contributed by atoms with E-state index in [9.17, 15) is 9.59 Å². The van der Waals surface area contributed by atoms with Crippen LogP contribution < -0.4 is 0 Å².